The summed E-state index contributed by atoms with van der Waals surface area (Å²) in [5.74, 6) is -1.69. The standard InChI is InChI=1S/C20H25N5O7S3/c1-4-5-12(26)31-9(2)32-19(29)15-10(6-33-3)7-34-18-14(17(28)25(15)18)23-16(27)13(24-30)11-8-35-20(21)22-11/h8-9,14,18,30H,4-7H2,1-3H3,(H2,21,22)(H,23,27)/t9?,14?,18-/m1/s1. The van der Waals surface area contributed by atoms with Crippen molar-refractivity contribution in [3.63, 3.8) is 0 Å². The van der Waals surface area contributed by atoms with Crippen LogP contribution in [0.3, 0.4) is 0 Å². The van der Waals surface area contributed by atoms with Gasteiger partial charge in [-0.2, -0.15) is 11.8 Å². The van der Waals surface area contributed by atoms with Gasteiger partial charge in [0.05, 0.1) is 0 Å². The molecule has 0 radical (unpaired) electrons. The van der Waals surface area contributed by atoms with Gasteiger partial charge in [0, 0.05) is 30.2 Å². The van der Waals surface area contributed by atoms with Crippen molar-refractivity contribution >= 4 is 69.5 Å². The average molecular weight is 544 g/mol. The first-order chi connectivity index (χ1) is 16.7. The summed E-state index contributed by atoms with van der Waals surface area (Å²) in [5, 5.41) is 15.9. The van der Waals surface area contributed by atoms with Crippen LogP contribution in [0.5, 0.6) is 0 Å². The van der Waals surface area contributed by atoms with Gasteiger partial charge in [-0.1, -0.05) is 12.1 Å². The topological polar surface area (TPSA) is 174 Å². The number of β-lactam (4-membered cyclic amide) rings is 1. The molecule has 0 aliphatic carbocycles. The van der Waals surface area contributed by atoms with Gasteiger partial charge in [0.2, 0.25) is 6.29 Å². The van der Waals surface area contributed by atoms with E-state index >= 15 is 0 Å². The summed E-state index contributed by atoms with van der Waals surface area (Å²) in [6, 6.07) is -0.960. The molecule has 1 aromatic rings. The molecule has 0 saturated carbocycles. The lowest BCUT2D eigenvalue weighted by Gasteiger charge is -2.49. The van der Waals surface area contributed by atoms with Crippen LogP contribution in [0, 0.1) is 0 Å². The van der Waals surface area contributed by atoms with E-state index in [9.17, 15) is 24.4 Å². The fraction of sp³-hybridized carbons (Fsp3) is 0.500. The van der Waals surface area contributed by atoms with Crippen LogP contribution < -0.4 is 11.1 Å². The zero-order valence-electron chi connectivity index (χ0n) is 19.2. The molecule has 2 aliphatic rings. The fourth-order valence-electron chi connectivity index (χ4n) is 3.45. The lowest BCUT2D eigenvalue weighted by molar-refractivity contribution is -0.184. The van der Waals surface area contributed by atoms with Crippen molar-refractivity contribution in [1.29, 1.82) is 0 Å². The number of esters is 2. The van der Waals surface area contributed by atoms with E-state index in [2.05, 4.69) is 15.5 Å². The number of fused-ring (bicyclic) bond motifs is 1. The molecule has 2 aliphatic heterocycles. The van der Waals surface area contributed by atoms with Crippen LogP contribution in [0.4, 0.5) is 5.13 Å². The molecule has 2 amide bonds. The second-order valence-electron chi connectivity index (χ2n) is 7.48. The Kier molecular flexibility index (Phi) is 9.02. The second-order valence-corrected chi connectivity index (χ2v) is 10.3. The number of anilines is 1. The first-order valence-electron chi connectivity index (χ1n) is 10.5. The quantitative estimate of drug-likeness (QED) is 0.0964. The first-order valence-corrected chi connectivity index (χ1v) is 13.8. The van der Waals surface area contributed by atoms with Gasteiger partial charge in [-0.3, -0.25) is 19.3 Å². The summed E-state index contributed by atoms with van der Waals surface area (Å²) >= 11 is 3.93. The number of nitrogens with two attached hydrogens (primary N) is 1. The van der Waals surface area contributed by atoms with Gasteiger partial charge in [-0.05, 0) is 18.2 Å². The molecule has 2 unspecified atom stereocenters. The molecule has 3 rings (SSSR count). The van der Waals surface area contributed by atoms with Gasteiger partial charge < -0.3 is 25.7 Å². The van der Waals surface area contributed by atoms with Gasteiger partial charge in [-0.25, -0.2) is 9.78 Å². The van der Waals surface area contributed by atoms with E-state index in [4.69, 9.17) is 15.2 Å². The van der Waals surface area contributed by atoms with Gasteiger partial charge in [-0.15, -0.1) is 23.1 Å². The molecule has 4 N–H and O–H groups in total. The third-order valence-corrected chi connectivity index (χ3v) is 7.60. The van der Waals surface area contributed by atoms with E-state index in [-0.39, 0.29) is 28.7 Å². The molecule has 0 aromatic carbocycles. The first kappa shape index (κ1) is 26.8. The lowest BCUT2D eigenvalue weighted by atomic mass is 10.0. The maximum Gasteiger partial charge on any atom is 0.358 e. The van der Waals surface area contributed by atoms with E-state index in [1.165, 1.54) is 40.7 Å². The number of carbonyl (C=O) groups is 4. The highest BCUT2D eigenvalue weighted by Gasteiger charge is 2.54. The minimum Gasteiger partial charge on any atom is -0.425 e. The van der Waals surface area contributed by atoms with Crippen molar-refractivity contribution in [3.8, 4) is 0 Å². The molecular weight excluding hydrogens is 518 g/mol. The summed E-state index contributed by atoms with van der Waals surface area (Å²) in [7, 11) is 0. The van der Waals surface area contributed by atoms with Crippen LogP contribution >= 0.6 is 34.9 Å². The number of thiazole rings is 1. The normalized spacial score (nSPS) is 20.6. The van der Waals surface area contributed by atoms with Crippen molar-refractivity contribution in [1.82, 2.24) is 15.2 Å². The minimum atomic E-state index is -1.13. The number of rotatable bonds is 10. The summed E-state index contributed by atoms with van der Waals surface area (Å²) in [5.41, 5.74) is 6.05. The summed E-state index contributed by atoms with van der Waals surface area (Å²) in [6.45, 7) is 3.25. The molecule has 0 spiro atoms. The number of nitrogens with one attached hydrogen (secondary N) is 1. The molecule has 1 fully saturated rings. The van der Waals surface area contributed by atoms with Crippen LogP contribution in [0.15, 0.2) is 21.8 Å². The highest BCUT2D eigenvalue weighted by Crippen LogP contribution is 2.41. The number of amides is 2. The third kappa shape index (κ3) is 5.90. The smallest absolute Gasteiger partial charge is 0.358 e. The highest BCUT2D eigenvalue weighted by molar-refractivity contribution is 8.00. The highest BCUT2D eigenvalue weighted by atomic mass is 32.2. The predicted molar refractivity (Wildman–Crippen MR) is 132 cm³/mol. The van der Waals surface area contributed by atoms with E-state index in [0.717, 1.165) is 11.3 Å². The number of nitrogens with zero attached hydrogens (tertiary/aromatic N) is 3. The molecule has 3 heterocycles. The molecule has 1 saturated heterocycles. The van der Waals surface area contributed by atoms with Gasteiger partial charge in [0.15, 0.2) is 10.8 Å². The zero-order valence-corrected chi connectivity index (χ0v) is 21.6. The Bertz CT molecular complexity index is 1070. The fourth-order valence-corrected chi connectivity index (χ4v) is 6.06. The van der Waals surface area contributed by atoms with Crippen molar-refractivity contribution in [2.75, 3.05) is 23.5 Å². The second kappa shape index (κ2) is 11.8. The molecular formula is C20H25N5O7S3. The van der Waals surface area contributed by atoms with E-state index in [1.807, 2.05) is 13.2 Å². The summed E-state index contributed by atoms with van der Waals surface area (Å²) < 4.78 is 10.4. The van der Waals surface area contributed by atoms with Crippen molar-refractivity contribution in [3.05, 3.63) is 22.3 Å². The Morgan fingerprint density at radius 2 is 2.17 bits per heavy atom. The molecule has 15 heteroatoms. The number of hydrogen-bond donors (Lipinski definition) is 3. The molecule has 3 atom stereocenters. The van der Waals surface area contributed by atoms with Crippen LogP contribution in [0.1, 0.15) is 32.4 Å². The summed E-state index contributed by atoms with van der Waals surface area (Å²) in [4.78, 5) is 55.6. The number of nitrogen functional groups attached to an aromatic ring is 1. The maximum absolute atomic E-state index is 13.0. The van der Waals surface area contributed by atoms with Crippen LogP contribution in [-0.4, -0.2) is 80.0 Å². The number of thioether (sulfide) groups is 2. The number of oxime groups is 1. The van der Waals surface area contributed by atoms with Gasteiger partial charge >= 0.3 is 11.9 Å². The van der Waals surface area contributed by atoms with Crippen LogP contribution in [0.2, 0.25) is 0 Å². The Hall–Kier alpha value is -2.78. The van der Waals surface area contributed by atoms with Crippen LogP contribution in [0.25, 0.3) is 0 Å². The van der Waals surface area contributed by atoms with Gasteiger partial charge in [0.25, 0.3) is 11.8 Å². The summed E-state index contributed by atoms with van der Waals surface area (Å²) in [6.07, 6.45) is 1.53. The molecule has 0 bridgehead atoms. The molecule has 1 aromatic heterocycles. The average Bonchev–Trinajstić information content (AvgIpc) is 3.23. The maximum atomic E-state index is 13.0. The van der Waals surface area contributed by atoms with Crippen molar-refractivity contribution in [2.45, 2.75) is 44.4 Å². The Morgan fingerprint density at radius 1 is 1.43 bits per heavy atom. The van der Waals surface area contributed by atoms with Crippen molar-refractivity contribution in [2.24, 2.45) is 5.16 Å². The monoisotopic (exact) mass is 543 g/mol. The number of ether oxygens (including phenoxy) is 2. The van der Waals surface area contributed by atoms with Gasteiger partial charge in [0.1, 0.15) is 22.8 Å². The van der Waals surface area contributed by atoms with E-state index in [0.29, 0.717) is 23.5 Å². The van der Waals surface area contributed by atoms with E-state index < -0.39 is 41.5 Å². The predicted octanol–water partition coefficient (Wildman–Crippen LogP) is 1.15. The lowest BCUT2D eigenvalue weighted by Crippen LogP contribution is -2.71. The number of aromatic nitrogens is 1. The molecule has 12 nitrogen and oxygen atoms in total. The van der Waals surface area contributed by atoms with Crippen molar-refractivity contribution < 1.29 is 33.9 Å². The Morgan fingerprint density at radius 3 is 2.77 bits per heavy atom. The van der Waals surface area contributed by atoms with Crippen LogP contribution in [-0.2, 0) is 28.7 Å². The Labute approximate surface area is 213 Å². The zero-order chi connectivity index (χ0) is 25.7. The largest absolute Gasteiger partial charge is 0.425 e. The number of carbonyl (C=O) groups excluding carboxylic acids is 4. The third-order valence-electron chi connectivity index (χ3n) is 4.95. The molecule has 35 heavy (non-hydrogen) atoms. The van der Waals surface area contributed by atoms with E-state index in [1.54, 1.807) is 0 Å². The number of hydrogen-bond acceptors (Lipinski definition) is 13. The SMILES string of the molecule is CCCC(=O)OC(C)OC(=O)C1=C(CSC)CS[C@@H]2C(NC(=O)C(=NO)c3csc(N)n3)C(=O)N12. The molecule has 190 valence electrons. The minimum absolute atomic E-state index is 0.0745. The Balaban J connectivity index is 1.73.